The first kappa shape index (κ1) is 15.6. The van der Waals surface area contributed by atoms with Crippen LogP contribution in [0.2, 0.25) is 0 Å². The highest BCUT2D eigenvalue weighted by Crippen LogP contribution is 2.40. The van der Waals surface area contributed by atoms with E-state index < -0.39 is 0 Å². The van der Waals surface area contributed by atoms with E-state index >= 15 is 0 Å². The van der Waals surface area contributed by atoms with Crippen LogP contribution in [0.5, 0.6) is 11.5 Å². The van der Waals surface area contributed by atoms with Crippen LogP contribution in [0.3, 0.4) is 0 Å². The molecule has 1 aliphatic heterocycles. The third kappa shape index (κ3) is 2.39. The summed E-state index contributed by atoms with van der Waals surface area (Å²) in [6.07, 6.45) is 1.76. The molecular formula is C22H16N2O3. The number of nitrogens with zero attached hydrogens (tertiary/aromatic N) is 2. The number of carbonyl (C=O) groups is 1. The summed E-state index contributed by atoms with van der Waals surface area (Å²) in [7, 11) is 1.64. The minimum Gasteiger partial charge on any atom is -0.497 e. The second-order valence-electron chi connectivity index (χ2n) is 6.39. The zero-order valence-electron chi connectivity index (χ0n) is 14.7. The number of aromatic nitrogens is 2. The lowest BCUT2D eigenvalue weighted by Crippen LogP contribution is -2.08. The van der Waals surface area contributed by atoms with Crippen molar-refractivity contribution < 1.29 is 14.3 Å². The first-order valence-corrected chi connectivity index (χ1v) is 8.67. The maximum absolute atomic E-state index is 12.9. The van der Waals surface area contributed by atoms with E-state index in [0.717, 1.165) is 27.9 Å². The van der Waals surface area contributed by atoms with Crippen molar-refractivity contribution in [2.24, 2.45) is 0 Å². The Hall–Kier alpha value is -3.60. The van der Waals surface area contributed by atoms with E-state index in [0.29, 0.717) is 23.6 Å². The Morgan fingerprint density at radius 1 is 1.04 bits per heavy atom. The summed E-state index contributed by atoms with van der Waals surface area (Å²) < 4.78 is 13.1. The molecule has 2 aromatic carbocycles. The molecule has 2 aromatic heterocycles. The molecule has 0 N–H and O–H groups in total. The monoisotopic (exact) mass is 356 g/mol. The Morgan fingerprint density at radius 3 is 2.81 bits per heavy atom. The zero-order valence-corrected chi connectivity index (χ0v) is 14.7. The van der Waals surface area contributed by atoms with Crippen LogP contribution in [0, 0.1) is 0 Å². The lowest BCUT2D eigenvalue weighted by Gasteiger charge is -2.13. The predicted molar refractivity (Wildman–Crippen MR) is 102 cm³/mol. The van der Waals surface area contributed by atoms with Crippen molar-refractivity contribution in [3.8, 4) is 22.9 Å². The van der Waals surface area contributed by atoms with Crippen molar-refractivity contribution in [2.45, 2.75) is 6.61 Å². The molecule has 3 heterocycles. The van der Waals surface area contributed by atoms with Crippen LogP contribution in [0.4, 0.5) is 0 Å². The van der Waals surface area contributed by atoms with Gasteiger partial charge in [0.1, 0.15) is 29.4 Å². The first-order valence-electron chi connectivity index (χ1n) is 8.67. The molecule has 5 rings (SSSR count). The maximum atomic E-state index is 12.9. The van der Waals surface area contributed by atoms with Crippen molar-refractivity contribution >= 4 is 16.8 Å². The first-order chi connectivity index (χ1) is 13.3. The number of pyridine rings is 1. The normalized spacial score (nSPS) is 12.1. The number of hydrogen-bond donors (Lipinski definition) is 0. The Kier molecular flexibility index (Phi) is 3.47. The van der Waals surface area contributed by atoms with E-state index in [9.17, 15) is 4.79 Å². The molecule has 0 spiro atoms. The average Bonchev–Trinajstić information content (AvgIpc) is 3.29. The van der Waals surface area contributed by atoms with Gasteiger partial charge in [-0.25, -0.2) is 4.98 Å². The van der Waals surface area contributed by atoms with Gasteiger partial charge in [0.05, 0.1) is 18.3 Å². The van der Waals surface area contributed by atoms with Gasteiger partial charge in [-0.1, -0.05) is 24.3 Å². The second kappa shape index (κ2) is 5.99. The molecular weight excluding hydrogens is 340 g/mol. The van der Waals surface area contributed by atoms with Crippen LogP contribution >= 0.6 is 0 Å². The molecule has 4 aromatic rings. The van der Waals surface area contributed by atoms with Crippen LogP contribution in [0.25, 0.3) is 22.3 Å². The molecule has 1 aliphatic rings. The molecule has 0 radical (unpaired) electrons. The topological polar surface area (TPSA) is 53.4 Å². The highest BCUT2D eigenvalue weighted by Gasteiger charge is 2.32. The lowest BCUT2D eigenvalue weighted by molar-refractivity contribution is 0.0965. The van der Waals surface area contributed by atoms with E-state index in [4.69, 9.17) is 14.5 Å². The van der Waals surface area contributed by atoms with Gasteiger partial charge in [0.15, 0.2) is 0 Å². The van der Waals surface area contributed by atoms with Gasteiger partial charge in [0.2, 0.25) is 0 Å². The van der Waals surface area contributed by atoms with Crippen molar-refractivity contribution in [3.05, 3.63) is 78.0 Å². The molecule has 27 heavy (non-hydrogen) atoms. The van der Waals surface area contributed by atoms with E-state index in [1.165, 1.54) is 0 Å². The highest BCUT2D eigenvalue weighted by molar-refractivity contribution is 6.13. The van der Waals surface area contributed by atoms with Crippen LogP contribution in [0.1, 0.15) is 15.9 Å². The van der Waals surface area contributed by atoms with Crippen molar-refractivity contribution in [2.75, 3.05) is 7.11 Å². The SMILES string of the molecule is COc1cccc(COc2c3c(nc4ccccc24)-c2cccn2C3=O)c1. The standard InChI is InChI=1S/C22H16N2O3/c1-26-15-7-4-6-14(12-15)13-27-21-16-8-2-3-9-17(16)23-20-18-10-5-11-24(18)22(25)19(20)21/h2-12H,13H2,1H3. The Balaban J connectivity index is 1.64. The summed E-state index contributed by atoms with van der Waals surface area (Å²) in [4.78, 5) is 17.7. The van der Waals surface area contributed by atoms with Crippen LogP contribution < -0.4 is 9.47 Å². The zero-order chi connectivity index (χ0) is 18.4. The second-order valence-corrected chi connectivity index (χ2v) is 6.39. The van der Waals surface area contributed by atoms with E-state index in [-0.39, 0.29) is 5.91 Å². The van der Waals surface area contributed by atoms with Crippen LogP contribution in [-0.2, 0) is 6.61 Å². The van der Waals surface area contributed by atoms with Crippen molar-refractivity contribution in [1.29, 1.82) is 0 Å². The molecule has 0 fully saturated rings. The van der Waals surface area contributed by atoms with Gasteiger partial charge in [-0.15, -0.1) is 0 Å². The highest BCUT2D eigenvalue weighted by atomic mass is 16.5. The number of ether oxygens (including phenoxy) is 2. The number of rotatable bonds is 4. The predicted octanol–water partition coefficient (Wildman–Crippen LogP) is 4.29. The fraction of sp³-hybridized carbons (Fsp3) is 0.0909. The number of benzene rings is 2. The molecule has 0 aliphatic carbocycles. The molecule has 0 amide bonds. The number of carbonyl (C=O) groups excluding carboxylic acids is 1. The van der Waals surface area contributed by atoms with Crippen molar-refractivity contribution in [3.63, 3.8) is 0 Å². The number of para-hydroxylation sites is 1. The lowest BCUT2D eigenvalue weighted by atomic mass is 10.1. The fourth-order valence-electron chi connectivity index (χ4n) is 3.50. The number of hydrogen-bond acceptors (Lipinski definition) is 4. The Bertz CT molecular complexity index is 1190. The minimum absolute atomic E-state index is 0.108. The van der Waals surface area contributed by atoms with Gasteiger partial charge in [-0.2, -0.15) is 0 Å². The minimum atomic E-state index is -0.108. The molecule has 5 nitrogen and oxygen atoms in total. The Labute approximate surface area is 155 Å². The summed E-state index contributed by atoms with van der Waals surface area (Å²) in [5.74, 6) is 1.24. The van der Waals surface area contributed by atoms with Gasteiger partial charge < -0.3 is 9.47 Å². The van der Waals surface area contributed by atoms with Gasteiger partial charge >= 0.3 is 0 Å². The van der Waals surface area contributed by atoms with E-state index in [1.54, 1.807) is 17.9 Å². The summed E-state index contributed by atoms with van der Waals surface area (Å²) in [5, 5.41) is 0.832. The molecule has 132 valence electrons. The van der Waals surface area contributed by atoms with Crippen LogP contribution in [-0.4, -0.2) is 22.6 Å². The third-order valence-corrected chi connectivity index (χ3v) is 4.79. The number of fused-ring (bicyclic) bond motifs is 4. The fourth-order valence-corrected chi connectivity index (χ4v) is 3.50. The van der Waals surface area contributed by atoms with Gasteiger partial charge in [0.25, 0.3) is 5.91 Å². The molecule has 5 heteroatoms. The summed E-state index contributed by atoms with van der Waals surface area (Å²) in [5.41, 5.74) is 3.76. The summed E-state index contributed by atoms with van der Waals surface area (Å²) in [6.45, 7) is 0.333. The van der Waals surface area contributed by atoms with E-state index in [2.05, 4.69) is 0 Å². The molecule has 0 saturated carbocycles. The quantitative estimate of drug-likeness (QED) is 0.482. The van der Waals surface area contributed by atoms with Crippen LogP contribution in [0.15, 0.2) is 66.9 Å². The van der Waals surface area contributed by atoms with E-state index in [1.807, 2.05) is 60.7 Å². The largest absolute Gasteiger partial charge is 0.497 e. The molecule has 0 unspecified atom stereocenters. The molecule has 0 saturated heterocycles. The third-order valence-electron chi connectivity index (χ3n) is 4.79. The van der Waals surface area contributed by atoms with Gasteiger partial charge in [0, 0.05) is 11.6 Å². The smallest absolute Gasteiger partial charge is 0.268 e. The molecule has 0 atom stereocenters. The summed E-state index contributed by atoms with van der Waals surface area (Å²) >= 11 is 0. The van der Waals surface area contributed by atoms with Crippen molar-refractivity contribution in [1.82, 2.24) is 9.55 Å². The van der Waals surface area contributed by atoms with Gasteiger partial charge in [-0.05, 0) is 42.0 Å². The molecule has 0 bridgehead atoms. The number of methoxy groups -OCH3 is 1. The average molecular weight is 356 g/mol. The van der Waals surface area contributed by atoms with Gasteiger partial charge in [-0.3, -0.25) is 9.36 Å². The summed E-state index contributed by atoms with van der Waals surface area (Å²) in [6, 6.07) is 19.2. The Morgan fingerprint density at radius 2 is 1.93 bits per heavy atom. The maximum Gasteiger partial charge on any atom is 0.268 e.